The van der Waals surface area contributed by atoms with E-state index in [-0.39, 0.29) is 11.8 Å². The number of nitriles is 1. The molecule has 2 amide bonds. The molecule has 1 atom stereocenters. The van der Waals surface area contributed by atoms with Crippen molar-refractivity contribution < 1.29 is 9.59 Å². The second-order valence-electron chi connectivity index (χ2n) is 8.01. The van der Waals surface area contributed by atoms with Crippen LogP contribution in [0, 0.1) is 24.2 Å². The van der Waals surface area contributed by atoms with Gasteiger partial charge in [-0.3, -0.25) is 9.59 Å². The molecule has 1 heterocycles. The van der Waals surface area contributed by atoms with E-state index in [4.69, 9.17) is 16.9 Å². The van der Waals surface area contributed by atoms with Crippen LogP contribution in [0.4, 0.5) is 5.69 Å². The number of benzene rings is 2. The van der Waals surface area contributed by atoms with Gasteiger partial charge in [0.1, 0.15) is 5.92 Å². The SMILES string of the molecule is CCCC=C(CCNC(=O)C1CCN(c2ccc(C#N)cc2)C1=O)c1cc(Cl)ccc1C. The highest BCUT2D eigenvalue weighted by atomic mass is 35.5. The highest BCUT2D eigenvalue weighted by Gasteiger charge is 2.37. The summed E-state index contributed by atoms with van der Waals surface area (Å²) in [6.07, 6.45) is 5.36. The smallest absolute Gasteiger partial charge is 0.239 e. The maximum atomic E-state index is 12.8. The van der Waals surface area contributed by atoms with Crippen LogP contribution < -0.4 is 10.2 Å². The zero-order valence-corrected chi connectivity index (χ0v) is 19.3. The highest BCUT2D eigenvalue weighted by Crippen LogP contribution is 2.27. The molecular weight excluding hydrogens is 422 g/mol. The molecule has 0 saturated carbocycles. The number of nitrogens with one attached hydrogen (secondary N) is 1. The molecule has 0 aromatic heterocycles. The normalized spacial score (nSPS) is 16.2. The van der Waals surface area contributed by atoms with Gasteiger partial charge >= 0.3 is 0 Å². The lowest BCUT2D eigenvalue weighted by Gasteiger charge is -2.17. The van der Waals surface area contributed by atoms with Crippen molar-refractivity contribution in [3.05, 3.63) is 70.3 Å². The third-order valence-corrected chi connectivity index (χ3v) is 5.98. The zero-order chi connectivity index (χ0) is 23.1. The van der Waals surface area contributed by atoms with E-state index in [1.165, 1.54) is 0 Å². The molecule has 6 heteroatoms. The van der Waals surface area contributed by atoms with Gasteiger partial charge in [0.05, 0.1) is 11.6 Å². The minimum Gasteiger partial charge on any atom is -0.355 e. The number of allylic oxidation sites excluding steroid dienone is 1. The monoisotopic (exact) mass is 449 g/mol. The van der Waals surface area contributed by atoms with Gasteiger partial charge in [0, 0.05) is 23.8 Å². The Morgan fingerprint density at radius 3 is 2.72 bits per heavy atom. The molecular formula is C26H28ClN3O2. The summed E-state index contributed by atoms with van der Waals surface area (Å²) in [5, 5.41) is 12.6. The van der Waals surface area contributed by atoms with E-state index in [9.17, 15) is 9.59 Å². The molecule has 2 aromatic rings. The Kier molecular flexibility index (Phi) is 8.08. The maximum absolute atomic E-state index is 12.8. The number of aryl methyl sites for hydroxylation is 1. The largest absolute Gasteiger partial charge is 0.355 e. The van der Waals surface area contributed by atoms with Crippen molar-refractivity contribution in [2.75, 3.05) is 18.0 Å². The highest BCUT2D eigenvalue weighted by molar-refractivity contribution is 6.30. The number of anilines is 1. The maximum Gasteiger partial charge on any atom is 0.239 e. The number of amides is 2. The van der Waals surface area contributed by atoms with E-state index < -0.39 is 5.92 Å². The van der Waals surface area contributed by atoms with Gasteiger partial charge < -0.3 is 10.2 Å². The van der Waals surface area contributed by atoms with Crippen molar-refractivity contribution in [3.8, 4) is 6.07 Å². The molecule has 5 nitrogen and oxygen atoms in total. The van der Waals surface area contributed by atoms with Crippen molar-refractivity contribution in [2.24, 2.45) is 5.92 Å². The number of carbonyl (C=O) groups excluding carboxylic acids is 2. The third-order valence-electron chi connectivity index (χ3n) is 5.75. The Bertz CT molecular complexity index is 1050. The first kappa shape index (κ1) is 23.6. The number of hydrogen-bond acceptors (Lipinski definition) is 3. The van der Waals surface area contributed by atoms with Crippen molar-refractivity contribution in [1.29, 1.82) is 5.26 Å². The van der Waals surface area contributed by atoms with Gasteiger partial charge in [-0.15, -0.1) is 0 Å². The first-order valence-corrected chi connectivity index (χ1v) is 11.4. The van der Waals surface area contributed by atoms with Crippen LogP contribution >= 0.6 is 11.6 Å². The van der Waals surface area contributed by atoms with Gasteiger partial charge in [-0.1, -0.05) is 37.1 Å². The fraction of sp³-hybridized carbons (Fsp3) is 0.346. The molecule has 32 heavy (non-hydrogen) atoms. The molecule has 1 aliphatic heterocycles. The lowest BCUT2D eigenvalue weighted by Crippen LogP contribution is -2.37. The van der Waals surface area contributed by atoms with Crippen LogP contribution in [0.2, 0.25) is 5.02 Å². The second-order valence-corrected chi connectivity index (χ2v) is 8.44. The van der Waals surface area contributed by atoms with Crippen molar-refractivity contribution in [3.63, 3.8) is 0 Å². The first-order valence-electron chi connectivity index (χ1n) is 11.0. The van der Waals surface area contributed by atoms with E-state index in [1.807, 2.05) is 18.2 Å². The summed E-state index contributed by atoms with van der Waals surface area (Å²) in [6.45, 7) is 5.14. The number of rotatable bonds is 8. The van der Waals surface area contributed by atoms with Crippen molar-refractivity contribution >= 4 is 34.7 Å². The van der Waals surface area contributed by atoms with Gasteiger partial charge in [0.25, 0.3) is 0 Å². The lowest BCUT2D eigenvalue weighted by atomic mass is 9.96. The summed E-state index contributed by atoms with van der Waals surface area (Å²) < 4.78 is 0. The molecule has 1 N–H and O–H groups in total. The summed E-state index contributed by atoms with van der Waals surface area (Å²) in [5.41, 5.74) is 4.66. The van der Waals surface area contributed by atoms with Gasteiger partial charge in [0.2, 0.25) is 11.8 Å². The van der Waals surface area contributed by atoms with Crippen LogP contribution in [-0.4, -0.2) is 24.9 Å². The molecule has 1 aliphatic rings. The Balaban J connectivity index is 1.61. The standard InChI is InChI=1S/C26H28ClN3O2/c1-3-4-5-20(24-16-21(27)9-6-18(24)2)12-14-29-25(31)23-13-15-30(26(23)32)22-10-7-19(17-28)8-11-22/h5-11,16,23H,3-4,12-15H2,1-2H3,(H,29,31). The summed E-state index contributed by atoms with van der Waals surface area (Å²) >= 11 is 6.21. The van der Waals surface area contributed by atoms with Crippen LogP contribution in [0.15, 0.2) is 48.5 Å². The fourth-order valence-electron chi connectivity index (χ4n) is 3.94. The van der Waals surface area contributed by atoms with Gasteiger partial charge in [0.15, 0.2) is 0 Å². The average molecular weight is 450 g/mol. The van der Waals surface area contributed by atoms with Crippen LogP contribution in [0.5, 0.6) is 0 Å². The van der Waals surface area contributed by atoms with E-state index in [0.717, 1.165) is 29.5 Å². The minimum atomic E-state index is -0.679. The molecule has 166 valence electrons. The molecule has 0 aliphatic carbocycles. The number of hydrogen-bond donors (Lipinski definition) is 1. The number of carbonyl (C=O) groups is 2. The van der Waals surface area contributed by atoms with Crippen LogP contribution in [0.1, 0.15) is 49.3 Å². The molecule has 0 radical (unpaired) electrons. The average Bonchev–Trinajstić information content (AvgIpc) is 3.19. The third kappa shape index (κ3) is 5.57. The summed E-state index contributed by atoms with van der Waals surface area (Å²) in [4.78, 5) is 27.2. The zero-order valence-electron chi connectivity index (χ0n) is 18.5. The van der Waals surface area contributed by atoms with E-state index in [2.05, 4.69) is 31.3 Å². The van der Waals surface area contributed by atoms with Crippen molar-refractivity contribution in [1.82, 2.24) is 5.32 Å². The topological polar surface area (TPSA) is 73.2 Å². The van der Waals surface area contributed by atoms with E-state index in [0.29, 0.717) is 42.2 Å². The molecule has 3 rings (SSSR count). The number of nitrogens with zero attached hydrogens (tertiary/aromatic N) is 2. The number of halogens is 1. The molecule has 2 aromatic carbocycles. The van der Waals surface area contributed by atoms with Gasteiger partial charge in [-0.2, -0.15) is 5.26 Å². The van der Waals surface area contributed by atoms with Crippen molar-refractivity contribution in [2.45, 2.75) is 39.5 Å². The molecule has 0 bridgehead atoms. The Morgan fingerprint density at radius 2 is 2.03 bits per heavy atom. The fourth-order valence-corrected chi connectivity index (χ4v) is 4.12. The lowest BCUT2D eigenvalue weighted by molar-refractivity contribution is -0.132. The Morgan fingerprint density at radius 1 is 1.28 bits per heavy atom. The quantitative estimate of drug-likeness (QED) is 0.558. The van der Waals surface area contributed by atoms with Crippen LogP contribution in [-0.2, 0) is 9.59 Å². The predicted molar refractivity (Wildman–Crippen MR) is 128 cm³/mol. The summed E-state index contributed by atoms with van der Waals surface area (Å²) in [5.74, 6) is -1.11. The summed E-state index contributed by atoms with van der Waals surface area (Å²) in [7, 11) is 0. The number of unbranched alkanes of at least 4 members (excludes halogenated alkanes) is 1. The van der Waals surface area contributed by atoms with Crippen LogP contribution in [0.25, 0.3) is 5.57 Å². The predicted octanol–water partition coefficient (Wildman–Crippen LogP) is 5.26. The Labute approximate surface area is 194 Å². The Hall–Kier alpha value is -3.10. The van der Waals surface area contributed by atoms with E-state index >= 15 is 0 Å². The molecule has 1 saturated heterocycles. The van der Waals surface area contributed by atoms with Crippen LogP contribution in [0.3, 0.4) is 0 Å². The molecule has 0 spiro atoms. The second kappa shape index (κ2) is 11.0. The molecule has 1 fully saturated rings. The first-order chi connectivity index (χ1) is 15.4. The summed E-state index contributed by atoms with van der Waals surface area (Å²) in [6, 6.07) is 14.8. The minimum absolute atomic E-state index is 0.195. The van der Waals surface area contributed by atoms with E-state index in [1.54, 1.807) is 29.2 Å². The van der Waals surface area contributed by atoms with Gasteiger partial charge in [-0.25, -0.2) is 0 Å². The molecule has 1 unspecified atom stereocenters. The van der Waals surface area contributed by atoms with Gasteiger partial charge in [-0.05, 0) is 79.3 Å².